The van der Waals surface area contributed by atoms with Crippen LogP contribution in [0.25, 0.3) is 0 Å². The molecule has 1 aromatic rings. The Bertz CT molecular complexity index is 355. The van der Waals surface area contributed by atoms with Gasteiger partial charge in [0, 0.05) is 20.6 Å². The van der Waals surface area contributed by atoms with E-state index in [0.29, 0.717) is 12.5 Å². The Kier molecular flexibility index (Phi) is 5.15. The molecule has 5 heteroatoms. The first-order valence-corrected chi connectivity index (χ1v) is 6.12. The SMILES string of the molecule is CNc1nc(CCOC)nc(C(C)C)c1Br. The van der Waals surface area contributed by atoms with Crippen LogP contribution in [0.2, 0.25) is 0 Å². The molecule has 1 rings (SSSR count). The molecule has 0 saturated heterocycles. The lowest BCUT2D eigenvalue weighted by molar-refractivity contribution is 0.200. The number of aromatic nitrogens is 2. The zero-order chi connectivity index (χ0) is 12.1. The van der Waals surface area contributed by atoms with Crippen molar-refractivity contribution in [1.29, 1.82) is 0 Å². The van der Waals surface area contributed by atoms with Gasteiger partial charge < -0.3 is 10.1 Å². The van der Waals surface area contributed by atoms with E-state index >= 15 is 0 Å². The summed E-state index contributed by atoms with van der Waals surface area (Å²) < 4.78 is 5.99. The van der Waals surface area contributed by atoms with Crippen molar-refractivity contribution in [2.45, 2.75) is 26.2 Å². The second-order valence-corrected chi connectivity index (χ2v) is 4.63. The molecule has 16 heavy (non-hydrogen) atoms. The number of hydrogen-bond donors (Lipinski definition) is 1. The molecule has 0 unspecified atom stereocenters. The Morgan fingerprint density at radius 3 is 2.56 bits per heavy atom. The largest absolute Gasteiger partial charge is 0.384 e. The first-order chi connectivity index (χ1) is 7.60. The number of ether oxygens (including phenoxy) is 1. The summed E-state index contributed by atoms with van der Waals surface area (Å²) in [4.78, 5) is 8.96. The van der Waals surface area contributed by atoms with Gasteiger partial charge in [0.15, 0.2) is 0 Å². The molecule has 0 saturated carbocycles. The van der Waals surface area contributed by atoms with Crippen molar-refractivity contribution in [3.63, 3.8) is 0 Å². The minimum Gasteiger partial charge on any atom is -0.384 e. The molecular weight excluding hydrogens is 270 g/mol. The van der Waals surface area contributed by atoms with Gasteiger partial charge in [-0.05, 0) is 21.8 Å². The molecule has 0 radical (unpaired) electrons. The number of hydrogen-bond acceptors (Lipinski definition) is 4. The van der Waals surface area contributed by atoms with E-state index in [1.165, 1.54) is 0 Å². The molecule has 0 aromatic carbocycles. The molecule has 0 atom stereocenters. The van der Waals surface area contributed by atoms with Crippen LogP contribution in [0.5, 0.6) is 0 Å². The van der Waals surface area contributed by atoms with Crippen molar-refractivity contribution >= 4 is 21.7 Å². The summed E-state index contributed by atoms with van der Waals surface area (Å²) >= 11 is 3.53. The number of anilines is 1. The Balaban J connectivity index is 3.07. The zero-order valence-corrected chi connectivity index (χ0v) is 11.8. The predicted molar refractivity (Wildman–Crippen MR) is 68.9 cm³/mol. The molecule has 1 aromatic heterocycles. The molecule has 0 aliphatic carbocycles. The number of rotatable bonds is 5. The molecular formula is C11H18BrN3O. The third-order valence-corrected chi connectivity index (χ3v) is 3.02. The zero-order valence-electron chi connectivity index (χ0n) is 10.2. The van der Waals surface area contributed by atoms with Crippen LogP contribution in [-0.2, 0) is 11.2 Å². The smallest absolute Gasteiger partial charge is 0.144 e. The maximum absolute atomic E-state index is 5.04. The van der Waals surface area contributed by atoms with Gasteiger partial charge in [0.25, 0.3) is 0 Å². The van der Waals surface area contributed by atoms with Crippen molar-refractivity contribution < 1.29 is 4.74 Å². The summed E-state index contributed by atoms with van der Waals surface area (Å²) in [5, 5.41) is 3.07. The van der Waals surface area contributed by atoms with Crippen LogP contribution in [0.4, 0.5) is 5.82 Å². The molecule has 4 nitrogen and oxygen atoms in total. The lowest BCUT2D eigenvalue weighted by Gasteiger charge is -2.13. The van der Waals surface area contributed by atoms with Crippen LogP contribution in [-0.4, -0.2) is 30.7 Å². The maximum atomic E-state index is 5.04. The highest BCUT2D eigenvalue weighted by molar-refractivity contribution is 9.10. The minimum absolute atomic E-state index is 0.366. The van der Waals surface area contributed by atoms with Gasteiger partial charge >= 0.3 is 0 Å². The Morgan fingerprint density at radius 1 is 1.38 bits per heavy atom. The van der Waals surface area contributed by atoms with Gasteiger partial charge in [-0.1, -0.05) is 13.8 Å². The first kappa shape index (κ1) is 13.4. The van der Waals surface area contributed by atoms with Crippen LogP contribution in [0, 0.1) is 0 Å². The van der Waals surface area contributed by atoms with E-state index in [9.17, 15) is 0 Å². The third kappa shape index (κ3) is 3.15. The van der Waals surface area contributed by atoms with Crippen LogP contribution < -0.4 is 5.32 Å². The monoisotopic (exact) mass is 287 g/mol. The third-order valence-electron chi connectivity index (χ3n) is 2.24. The van der Waals surface area contributed by atoms with E-state index in [1.54, 1.807) is 7.11 Å². The van der Waals surface area contributed by atoms with Gasteiger partial charge in [0.05, 0.1) is 16.8 Å². The molecule has 90 valence electrons. The van der Waals surface area contributed by atoms with Crippen LogP contribution in [0.3, 0.4) is 0 Å². The van der Waals surface area contributed by atoms with Gasteiger partial charge in [-0.2, -0.15) is 0 Å². The molecule has 0 aliphatic rings. The number of nitrogens with one attached hydrogen (secondary N) is 1. The summed E-state index contributed by atoms with van der Waals surface area (Å²) in [5.41, 5.74) is 1.03. The highest BCUT2D eigenvalue weighted by atomic mass is 79.9. The van der Waals surface area contributed by atoms with Gasteiger partial charge in [0.2, 0.25) is 0 Å². The fourth-order valence-corrected chi connectivity index (χ4v) is 2.20. The highest BCUT2D eigenvalue weighted by Gasteiger charge is 2.13. The van der Waals surface area contributed by atoms with Crippen molar-refractivity contribution in [3.8, 4) is 0 Å². The molecule has 0 spiro atoms. The maximum Gasteiger partial charge on any atom is 0.144 e. The highest BCUT2D eigenvalue weighted by Crippen LogP contribution is 2.28. The lowest BCUT2D eigenvalue weighted by Crippen LogP contribution is -2.08. The van der Waals surface area contributed by atoms with Crippen LogP contribution in [0.15, 0.2) is 4.47 Å². The summed E-state index contributed by atoms with van der Waals surface area (Å²) in [6.07, 6.45) is 0.734. The number of halogens is 1. The van der Waals surface area contributed by atoms with Gasteiger partial charge in [0.1, 0.15) is 11.6 Å². The van der Waals surface area contributed by atoms with E-state index in [4.69, 9.17) is 4.74 Å². The molecule has 1 N–H and O–H groups in total. The molecule has 0 amide bonds. The second-order valence-electron chi connectivity index (χ2n) is 3.84. The Hall–Kier alpha value is -0.680. The summed E-state index contributed by atoms with van der Waals surface area (Å²) in [6, 6.07) is 0. The Labute approximate surface area is 105 Å². The molecule has 1 heterocycles. The normalized spacial score (nSPS) is 10.9. The van der Waals surface area contributed by atoms with E-state index < -0.39 is 0 Å². The Morgan fingerprint density at radius 2 is 2.06 bits per heavy atom. The van der Waals surface area contributed by atoms with Crippen molar-refractivity contribution in [1.82, 2.24) is 9.97 Å². The van der Waals surface area contributed by atoms with E-state index in [2.05, 4.69) is 45.1 Å². The molecule has 0 aliphatic heterocycles. The summed E-state index contributed by atoms with van der Waals surface area (Å²) in [7, 11) is 3.54. The van der Waals surface area contributed by atoms with Crippen LogP contribution in [0.1, 0.15) is 31.3 Å². The van der Waals surface area contributed by atoms with Crippen molar-refractivity contribution in [3.05, 3.63) is 16.0 Å². The van der Waals surface area contributed by atoms with E-state index in [0.717, 1.165) is 28.2 Å². The average Bonchev–Trinajstić information content (AvgIpc) is 2.27. The first-order valence-electron chi connectivity index (χ1n) is 5.33. The topological polar surface area (TPSA) is 47.0 Å². The fourth-order valence-electron chi connectivity index (χ4n) is 1.37. The van der Waals surface area contributed by atoms with Crippen LogP contribution >= 0.6 is 15.9 Å². The molecule has 0 fully saturated rings. The van der Waals surface area contributed by atoms with Gasteiger partial charge in [-0.25, -0.2) is 9.97 Å². The number of methoxy groups -OCH3 is 1. The summed E-state index contributed by atoms with van der Waals surface area (Å²) in [6.45, 7) is 4.88. The van der Waals surface area contributed by atoms with Gasteiger partial charge in [-0.3, -0.25) is 0 Å². The van der Waals surface area contributed by atoms with E-state index in [1.807, 2.05) is 7.05 Å². The quantitative estimate of drug-likeness (QED) is 0.904. The fraction of sp³-hybridized carbons (Fsp3) is 0.636. The predicted octanol–water partition coefficient (Wildman–Crippen LogP) is 2.59. The minimum atomic E-state index is 0.366. The van der Waals surface area contributed by atoms with E-state index in [-0.39, 0.29) is 0 Å². The average molecular weight is 288 g/mol. The van der Waals surface area contributed by atoms with Crippen molar-refractivity contribution in [2.24, 2.45) is 0 Å². The summed E-state index contributed by atoms with van der Waals surface area (Å²) in [5.74, 6) is 2.02. The standard InChI is InChI=1S/C11H18BrN3O/c1-7(2)10-9(12)11(13-3)15-8(14-10)5-6-16-4/h7H,5-6H2,1-4H3,(H,13,14,15). The second kappa shape index (κ2) is 6.15. The lowest BCUT2D eigenvalue weighted by atomic mass is 10.1. The van der Waals surface area contributed by atoms with Crippen molar-refractivity contribution in [2.75, 3.05) is 26.1 Å². The molecule has 0 bridgehead atoms. The van der Waals surface area contributed by atoms with Gasteiger partial charge in [-0.15, -0.1) is 0 Å². The number of nitrogens with zero attached hydrogens (tertiary/aromatic N) is 2.